The number of rotatable bonds is 5. The Bertz CT molecular complexity index is 213. The third-order valence-corrected chi connectivity index (χ3v) is 2.73. The fourth-order valence-electron chi connectivity index (χ4n) is 1.55. The molecule has 0 spiro atoms. The maximum atomic E-state index is 10.9. The second-order valence-corrected chi connectivity index (χ2v) is 4.05. The van der Waals surface area contributed by atoms with Crippen molar-refractivity contribution < 1.29 is 9.53 Å². The Kier molecular flexibility index (Phi) is 5.02. The summed E-state index contributed by atoms with van der Waals surface area (Å²) in [5.41, 5.74) is 0. The molecule has 0 aromatic carbocycles. The van der Waals surface area contributed by atoms with Gasteiger partial charge in [0.05, 0.1) is 6.42 Å². The molecule has 0 radical (unpaired) electrons. The molecule has 1 aliphatic heterocycles. The maximum Gasteiger partial charge on any atom is 0.306 e. The van der Waals surface area contributed by atoms with Crippen molar-refractivity contribution in [3.63, 3.8) is 0 Å². The number of allylic oxidation sites excluding steroid dienone is 1. The van der Waals surface area contributed by atoms with E-state index in [0.717, 1.165) is 25.1 Å². The lowest BCUT2D eigenvalue weighted by atomic mass is 10.0. The van der Waals surface area contributed by atoms with E-state index in [9.17, 15) is 4.79 Å². The van der Waals surface area contributed by atoms with Gasteiger partial charge in [-0.25, -0.2) is 0 Å². The zero-order chi connectivity index (χ0) is 10.4. The van der Waals surface area contributed by atoms with Crippen molar-refractivity contribution in [2.24, 2.45) is 5.92 Å². The van der Waals surface area contributed by atoms with Crippen LogP contribution in [0.25, 0.3) is 0 Å². The van der Waals surface area contributed by atoms with Crippen molar-refractivity contribution in [3.8, 4) is 0 Å². The SMILES string of the molecule is CC1OC(=O)CC1/C=C/CCCCCl. The summed E-state index contributed by atoms with van der Waals surface area (Å²) in [4.78, 5) is 10.9. The zero-order valence-electron chi connectivity index (χ0n) is 8.54. The highest BCUT2D eigenvalue weighted by Gasteiger charge is 2.28. The van der Waals surface area contributed by atoms with Crippen molar-refractivity contribution in [1.82, 2.24) is 0 Å². The van der Waals surface area contributed by atoms with Gasteiger partial charge in [0.1, 0.15) is 6.10 Å². The average Bonchev–Trinajstić information content (AvgIpc) is 2.45. The molecule has 1 heterocycles. The first-order chi connectivity index (χ1) is 6.74. The lowest BCUT2D eigenvalue weighted by molar-refractivity contribution is -0.140. The van der Waals surface area contributed by atoms with Crippen LogP contribution in [0, 0.1) is 5.92 Å². The van der Waals surface area contributed by atoms with E-state index in [1.165, 1.54) is 0 Å². The number of halogens is 1. The minimum Gasteiger partial charge on any atom is -0.462 e. The van der Waals surface area contributed by atoms with Gasteiger partial charge in [-0.15, -0.1) is 11.6 Å². The molecule has 1 fully saturated rings. The highest BCUT2D eigenvalue weighted by molar-refractivity contribution is 6.17. The average molecular weight is 217 g/mol. The number of hydrogen-bond donors (Lipinski definition) is 0. The molecule has 0 aliphatic carbocycles. The first kappa shape index (κ1) is 11.6. The number of alkyl halides is 1. The molecule has 0 aromatic heterocycles. The Labute approximate surface area is 90.3 Å². The van der Waals surface area contributed by atoms with E-state index >= 15 is 0 Å². The number of cyclic esters (lactones) is 1. The highest BCUT2D eigenvalue weighted by Crippen LogP contribution is 2.23. The van der Waals surface area contributed by atoms with Gasteiger partial charge in [-0.3, -0.25) is 4.79 Å². The van der Waals surface area contributed by atoms with Gasteiger partial charge in [0.25, 0.3) is 0 Å². The van der Waals surface area contributed by atoms with E-state index < -0.39 is 0 Å². The van der Waals surface area contributed by atoms with Crippen LogP contribution < -0.4 is 0 Å². The smallest absolute Gasteiger partial charge is 0.306 e. The van der Waals surface area contributed by atoms with Crippen LogP contribution in [0.1, 0.15) is 32.6 Å². The molecule has 0 bridgehead atoms. The van der Waals surface area contributed by atoms with Crippen LogP contribution in [0.3, 0.4) is 0 Å². The summed E-state index contributed by atoms with van der Waals surface area (Å²) < 4.78 is 5.04. The van der Waals surface area contributed by atoms with E-state index in [4.69, 9.17) is 16.3 Å². The van der Waals surface area contributed by atoms with Crippen LogP contribution in [0.5, 0.6) is 0 Å². The molecule has 14 heavy (non-hydrogen) atoms. The zero-order valence-corrected chi connectivity index (χ0v) is 9.30. The minimum atomic E-state index is -0.0760. The van der Waals surface area contributed by atoms with Gasteiger partial charge in [0, 0.05) is 11.8 Å². The Balaban J connectivity index is 2.19. The molecular formula is C11H17ClO2. The molecular weight excluding hydrogens is 200 g/mol. The van der Waals surface area contributed by atoms with Gasteiger partial charge in [-0.2, -0.15) is 0 Å². The molecule has 80 valence electrons. The second kappa shape index (κ2) is 6.07. The van der Waals surface area contributed by atoms with E-state index in [0.29, 0.717) is 6.42 Å². The van der Waals surface area contributed by atoms with Crippen LogP contribution in [0.4, 0.5) is 0 Å². The first-order valence-electron chi connectivity index (χ1n) is 5.16. The lowest BCUT2D eigenvalue weighted by Gasteiger charge is -2.06. The third-order valence-electron chi connectivity index (χ3n) is 2.46. The molecule has 2 atom stereocenters. The molecule has 1 rings (SSSR count). The van der Waals surface area contributed by atoms with Crippen molar-refractivity contribution in [2.45, 2.75) is 38.7 Å². The summed E-state index contributed by atoms with van der Waals surface area (Å²) in [6.45, 7) is 1.94. The summed E-state index contributed by atoms with van der Waals surface area (Å²) in [6.07, 6.45) is 8.04. The van der Waals surface area contributed by atoms with Crippen LogP contribution in [0.15, 0.2) is 12.2 Å². The topological polar surface area (TPSA) is 26.3 Å². The standard InChI is InChI=1S/C11H17ClO2/c1-9-10(8-11(13)14-9)6-4-2-3-5-7-12/h4,6,9-10H,2-3,5,7-8H2,1H3/b6-4+. The fourth-order valence-corrected chi connectivity index (χ4v) is 1.74. The van der Waals surface area contributed by atoms with Crippen LogP contribution in [-0.2, 0) is 9.53 Å². The Morgan fingerprint density at radius 3 is 2.93 bits per heavy atom. The van der Waals surface area contributed by atoms with Crippen LogP contribution in [0.2, 0.25) is 0 Å². The van der Waals surface area contributed by atoms with Gasteiger partial charge < -0.3 is 4.74 Å². The second-order valence-electron chi connectivity index (χ2n) is 3.68. The van der Waals surface area contributed by atoms with Crippen molar-refractivity contribution in [2.75, 3.05) is 5.88 Å². The molecule has 0 aromatic rings. The molecule has 1 saturated heterocycles. The predicted octanol–water partition coefficient (Wildman–Crippen LogP) is 2.90. The molecule has 2 nitrogen and oxygen atoms in total. The Hall–Kier alpha value is -0.500. The summed E-state index contributed by atoms with van der Waals surface area (Å²) in [6, 6.07) is 0. The summed E-state index contributed by atoms with van der Waals surface area (Å²) in [7, 11) is 0. The van der Waals surface area contributed by atoms with E-state index in [2.05, 4.69) is 12.2 Å². The Morgan fingerprint density at radius 2 is 2.36 bits per heavy atom. The monoisotopic (exact) mass is 216 g/mol. The quantitative estimate of drug-likeness (QED) is 0.306. The number of esters is 1. The normalized spacial score (nSPS) is 27.1. The van der Waals surface area contributed by atoms with Crippen molar-refractivity contribution in [1.29, 1.82) is 0 Å². The van der Waals surface area contributed by atoms with Crippen molar-refractivity contribution in [3.05, 3.63) is 12.2 Å². The van der Waals surface area contributed by atoms with Gasteiger partial charge in [-0.05, 0) is 26.2 Å². The highest BCUT2D eigenvalue weighted by atomic mass is 35.5. The first-order valence-corrected chi connectivity index (χ1v) is 5.69. The number of carbonyl (C=O) groups excluding carboxylic acids is 1. The fraction of sp³-hybridized carbons (Fsp3) is 0.727. The van der Waals surface area contributed by atoms with E-state index in [1.54, 1.807) is 0 Å². The molecule has 1 aliphatic rings. The number of ether oxygens (including phenoxy) is 1. The maximum absolute atomic E-state index is 10.9. The number of unbranched alkanes of at least 4 members (excludes halogenated alkanes) is 2. The summed E-state index contributed by atoms with van der Waals surface area (Å²) in [5.74, 6) is 0.932. The molecule has 0 amide bonds. The largest absolute Gasteiger partial charge is 0.462 e. The van der Waals surface area contributed by atoms with Gasteiger partial charge in [0.2, 0.25) is 0 Å². The third kappa shape index (κ3) is 3.70. The van der Waals surface area contributed by atoms with Gasteiger partial charge in [-0.1, -0.05) is 12.2 Å². The number of carbonyl (C=O) groups is 1. The van der Waals surface area contributed by atoms with Crippen LogP contribution >= 0.6 is 11.6 Å². The molecule has 0 N–H and O–H groups in total. The van der Waals surface area contributed by atoms with Crippen LogP contribution in [-0.4, -0.2) is 18.0 Å². The van der Waals surface area contributed by atoms with Crippen molar-refractivity contribution >= 4 is 17.6 Å². The van der Waals surface area contributed by atoms with E-state index in [1.807, 2.05) is 6.92 Å². The predicted molar refractivity (Wildman–Crippen MR) is 57.4 cm³/mol. The van der Waals surface area contributed by atoms with E-state index in [-0.39, 0.29) is 18.0 Å². The van der Waals surface area contributed by atoms with Gasteiger partial charge in [0.15, 0.2) is 0 Å². The molecule has 2 unspecified atom stereocenters. The number of hydrogen-bond acceptors (Lipinski definition) is 2. The minimum absolute atomic E-state index is 0.0479. The lowest BCUT2D eigenvalue weighted by Crippen LogP contribution is -2.08. The summed E-state index contributed by atoms with van der Waals surface area (Å²) in [5, 5.41) is 0. The molecule has 3 heteroatoms. The summed E-state index contributed by atoms with van der Waals surface area (Å²) >= 11 is 5.56. The molecule has 0 saturated carbocycles. The van der Waals surface area contributed by atoms with Gasteiger partial charge >= 0.3 is 5.97 Å². The Morgan fingerprint density at radius 1 is 1.57 bits per heavy atom.